The lowest BCUT2D eigenvalue weighted by atomic mass is 10.1. The lowest BCUT2D eigenvalue weighted by Crippen LogP contribution is -2.52. The van der Waals surface area contributed by atoms with Crippen LogP contribution in [0.4, 0.5) is 17.2 Å². The van der Waals surface area contributed by atoms with Gasteiger partial charge in [-0.1, -0.05) is 24.3 Å². The van der Waals surface area contributed by atoms with Crippen LogP contribution in [-0.4, -0.2) is 50.2 Å². The van der Waals surface area contributed by atoms with E-state index in [0.717, 1.165) is 11.3 Å². The molecule has 178 valence electrons. The van der Waals surface area contributed by atoms with Gasteiger partial charge in [-0.2, -0.15) is 0 Å². The second-order valence-corrected chi connectivity index (χ2v) is 10.3. The van der Waals surface area contributed by atoms with E-state index in [0.29, 0.717) is 25.5 Å². The van der Waals surface area contributed by atoms with Crippen LogP contribution in [-0.2, 0) is 10.0 Å². The minimum absolute atomic E-state index is 0.0411. The SMILES string of the molecule is Cc1cccc(N2CCN(c3ncc(NS(=O)(=O)c4cccc(C)c4)cc3C(=O)O)C[C@H]2C)c1. The third-order valence-corrected chi connectivity index (χ3v) is 7.29. The predicted octanol–water partition coefficient (Wildman–Crippen LogP) is 3.91. The number of carboxylic acid groups (broad SMARTS) is 1. The van der Waals surface area contributed by atoms with Gasteiger partial charge < -0.3 is 14.9 Å². The maximum absolute atomic E-state index is 12.8. The van der Waals surface area contributed by atoms with Crippen molar-refractivity contribution in [2.75, 3.05) is 34.2 Å². The molecule has 4 rings (SSSR count). The fraction of sp³-hybridized carbons (Fsp3) is 0.280. The van der Waals surface area contributed by atoms with Gasteiger partial charge in [0.15, 0.2) is 0 Å². The molecule has 3 aromatic rings. The maximum Gasteiger partial charge on any atom is 0.339 e. The normalized spacial score (nSPS) is 16.4. The highest BCUT2D eigenvalue weighted by molar-refractivity contribution is 7.92. The number of sulfonamides is 1. The first-order chi connectivity index (χ1) is 16.1. The minimum Gasteiger partial charge on any atom is -0.478 e. The van der Waals surface area contributed by atoms with E-state index in [1.165, 1.54) is 23.9 Å². The fourth-order valence-corrected chi connectivity index (χ4v) is 5.40. The summed E-state index contributed by atoms with van der Waals surface area (Å²) >= 11 is 0. The van der Waals surface area contributed by atoms with Gasteiger partial charge in [0, 0.05) is 31.4 Å². The first-order valence-corrected chi connectivity index (χ1v) is 12.5. The number of aromatic carboxylic acids is 1. The molecule has 1 aromatic heterocycles. The summed E-state index contributed by atoms with van der Waals surface area (Å²) < 4.78 is 28.0. The van der Waals surface area contributed by atoms with Gasteiger partial charge in [0.2, 0.25) is 0 Å². The number of hydrogen-bond acceptors (Lipinski definition) is 6. The van der Waals surface area contributed by atoms with Crippen molar-refractivity contribution in [1.82, 2.24) is 4.98 Å². The Balaban J connectivity index is 1.56. The molecule has 0 unspecified atom stereocenters. The minimum atomic E-state index is -3.87. The van der Waals surface area contributed by atoms with E-state index < -0.39 is 16.0 Å². The topological polar surface area (TPSA) is 103 Å². The molecule has 2 heterocycles. The zero-order valence-corrected chi connectivity index (χ0v) is 20.2. The number of anilines is 3. The first kappa shape index (κ1) is 23.6. The average molecular weight is 481 g/mol. The summed E-state index contributed by atoms with van der Waals surface area (Å²) in [5.41, 5.74) is 3.20. The van der Waals surface area contributed by atoms with E-state index in [2.05, 4.69) is 46.7 Å². The first-order valence-electron chi connectivity index (χ1n) is 11.0. The molecule has 2 aromatic carbocycles. The third kappa shape index (κ3) is 4.99. The average Bonchev–Trinajstić information content (AvgIpc) is 2.78. The Morgan fingerprint density at radius 3 is 2.41 bits per heavy atom. The lowest BCUT2D eigenvalue weighted by Gasteiger charge is -2.42. The molecule has 34 heavy (non-hydrogen) atoms. The largest absolute Gasteiger partial charge is 0.478 e. The Morgan fingerprint density at radius 1 is 1.06 bits per heavy atom. The number of carboxylic acids is 1. The van der Waals surface area contributed by atoms with Crippen molar-refractivity contribution < 1.29 is 18.3 Å². The number of aryl methyl sites for hydroxylation is 2. The van der Waals surface area contributed by atoms with E-state index in [9.17, 15) is 18.3 Å². The summed E-state index contributed by atoms with van der Waals surface area (Å²) in [6.45, 7) is 7.86. The van der Waals surface area contributed by atoms with Crippen molar-refractivity contribution in [3.8, 4) is 0 Å². The van der Waals surface area contributed by atoms with Crippen LogP contribution in [0.2, 0.25) is 0 Å². The summed E-state index contributed by atoms with van der Waals surface area (Å²) in [6, 6.07) is 16.3. The molecule has 1 saturated heterocycles. The fourth-order valence-electron chi connectivity index (χ4n) is 4.26. The Hall–Kier alpha value is -3.59. The number of rotatable bonds is 6. The Kier molecular flexibility index (Phi) is 6.47. The summed E-state index contributed by atoms with van der Waals surface area (Å²) in [7, 11) is -3.87. The number of piperazine rings is 1. The molecule has 8 nitrogen and oxygen atoms in total. The predicted molar refractivity (Wildman–Crippen MR) is 133 cm³/mol. The number of nitrogens with zero attached hydrogens (tertiary/aromatic N) is 3. The number of carbonyl (C=O) groups is 1. The molecule has 1 fully saturated rings. The Labute approximate surface area is 199 Å². The molecule has 0 aliphatic carbocycles. The number of nitrogens with one attached hydrogen (secondary N) is 1. The van der Waals surface area contributed by atoms with Crippen molar-refractivity contribution >= 4 is 33.2 Å². The third-order valence-electron chi connectivity index (χ3n) is 5.91. The van der Waals surface area contributed by atoms with E-state index in [1.54, 1.807) is 25.1 Å². The zero-order chi connectivity index (χ0) is 24.5. The van der Waals surface area contributed by atoms with Crippen molar-refractivity contribution in [3.05, 3.63) is 77.5 Å². The molecular weight excluding hydrogens is 452 g/mol. The zero-order valence-electron chi connectivity index (χ0n) is 19.4. The van der Waals surface area contributed by atoms with Gasteiger partial charge in [-0.3, -0.25) is 4.72 Å². The van der Waals surface area contributed by atoms with Crippen molar-refractivity contribution in [1.29, 1.82) is 0 Å². The van der Waals surface area contributed by atoms with Gasteiger partial charge in [-0.05, 0) is 62.2 Å². The Morgan fingerprint density at radius 2 is 1.76 bits per heavy atom. The highest BCUT2D eigenvalue weighted by atomic mass is 32.2. The molecule has 2 N–H and O–H groups in total. The van der Waals surface area contributed by atoms with Gasteiger partial charge in [-0.15, -0.1) is 0 Å². The highest BCUT2D eigenvalue weighted by Crippen LogP contribution is 2.28. The van der Waals surface area contributed by atoms with Gasteiger partial charge in [0.25, 0.3) is 10.0 Å². The van der Waals surface area contributed by atoms with Crippen LogP contribution < -0.4 is 14.5 Å². The van der Waals surface area contributed by atoms with Crippen molar-refractivity contribution in [2.24, 2.45) is 0 Å². The molecule has 0 amide bonds. The molecule has 0 bridgehead atoms. The molecule has 0 spiro atoms. The van der Waals surface area contributed by atoms with Gasteiger partial charge in [0.05, 0.1) is 16.8 Å². The van der Waals surface area contributed by atoms with E-state index in [4.69, 9.17) is 0 Å². The summed E-state index contributed by atoms with van der Waals surface area (Å²) in [6.07, 6.45) is 1.37. The summed E-state index contributed by atoms with van der Waals surface area (Å²) in [5.74, 6) is -0.824. The molecule has 9 heteroatoms. The van der Waals surface area contributed by atoms with Gasteiger partial charge in [0.1, 0.15) is 11.4 Å². The van der Waals surface area contributed by atoms with Crippen LogP contribution in [0.5, 0.6) is 0 Å². The number of benzene rings is 2. The molecule has 1 aliphatic heterocycles. The second-order valence-electron chi connectivity index (χ2n) is 8.65. The monoisotopic (exact) mass is 480 g/mol. The number of pyridine rings is 1. The van der Waals surface area contributed by atoms with Crippen LogP contribution >= 0.6 is 0 Å². The molecular formula is C25H28N4O4S. The van der Waals surface area contributed by atoms with Gasteiger partial charge >= 0.3 is 5.97 Å². The van der Waals surface area contributed by atoms with E-state index >= 15 is 0 Å². The summed E-state index contributed by atoms with van der Waals surface area (Å²) in [5, 5.41) is 9.84. The Bertz CT molecular complexity index is 1330. The summed E-state index contributed by atoms with van der Waals surface area (Å²) in [4.78, 5) is 20.8. The number of aromatic nitrogens is 1. The van der Waals surface area contributed by atoms with E-state index in [-0.39, 0.29) is 22.2 Å². The lowest BCUT2D eigenvalue weighted by molar-refractivity contribution is 0.0697. The molecule has 0 radical (unpaired) electrons. The number of hydrogen-bond donors (Lipinski definition) is 2. The van der Waals surface area contributed by atoms with Crippen LogP contribution in [0.3, 0.4) is 0 Å². The van der Waals surface area contributed by atoms with Crippen LogP contribution in [0, 0.1) is 13.8 Å². The maximum atomic E-state index is 12.8. The molecule has 1 atom stereocenters. The second kappa shape index (κ2) is 9.34. The standard InChI is InChI=1S/C25H28N4O4S/c1-17-6-4-8-21(12-17)29-11-10-28(16-19(29)3)24-23(25(30)31)14-20(15-26-24)27-34(32,33)22-9-5-7-18(2)13-22/h4-9,12-15,19,27H,10-11,16H2,1-3H3,(H,30,31)/t19-/m1/s1. The van der Waals surface area contributed by atoms with Crippen molar-refractivity contribution in [3.63, 3.8) is 0 Å². The highest BCUT2D eigenvalue weighted by Gasteiger charge is 2.28. The van der Waals surface area contributed by atoms with Gasteiger partial charge in [-0.25, -0.2) is 18.2 Å². The quantitative estimate of drug-likeness (QED) is 0.551. The van der Waals surface area contributed by atoms with Crippen LogP contribution in [0.1, 0.15) is 28.4 Å². The van der Waals surface area contributed by atoms with Crippen LogP contribution in [0.15, 0.2) is 65.7 Å². The molecule has 0 saturated carbocycles. The van der Waals surface area contributed by atoms with Crippen molar-refractivity contribution in [2.45, 2.75) is 31.7 Å². The smallest absolute Gasteiger partial charge is 0.339 e. The van der Waals surface area contributed by atoms with E-state index in [1.807, 2.05) is 11.0 Å². The molecule has 1 aliphatic rings. The van der Waals surface area contributed by atoms with Crippen LogP contribution in [0.25, 0.3) is 0 Å².